The van der Waals surface area contributed by atoms with Crippen LogP contribution < -0.4 is 0 Å². The molecular weight excluding hydrogens is 384 g/mol. The molecule has 0 radical (unpaired) electrons. The summed E-state index contributed by atoms with van der Waals surface area (Å²) in [5, 5.41) is 12.9. The van der Waals surface area contributed by atoms with E-state index in [-0.39, 0.29) is 0 Å². The quantitative estimate of drug-likeness (QED) is 0.232. The van der Waals surface area contributed by atoms with Crippen molar-refractivity contribution < 1.29 is 4.42 Å². The Morgan fingerprint density at radius 3 is 2.13 bits per heavy atom. The van der Waals surface area contributed by atoms with E-state index in [1.54, 1.807) is 0 Å². The van der Waals surface area contributed by atoms with Crippen LogP contribution in [0.5, 0.6) is 0 Å². The lowest BCUT2D eigenvalue weighted by Gasteiger charge is -2.12. The molecule has 8 aromatic rings. The Labute approximate surface area is 175 Å². The smallest absolute Gasteiger partial charge is 0.143 e. The van der Waals surface area contributed by atoms with Gasteiger partial charge in [-0.3, -0.25) is 0 Å². The van der Waals surface area contributed by atoms with Crippen molar-refractivity contribution in [3.63, 3.8) is 0 Å². The highest BCUT2D eigenvalue weighted by Gasteiger charge is 2.18. The van der Waals surface area contributed by atoms with Gasteiger partial charge in [0.15, 0.2) is 0 Å². The molecule has 8 rings (SSSR count). The van der Waals surface area contributed by atoms with E-state index in [1.165, 1.54) is 63.3 Å². The molecule has 0 bridgehead atoms. The van der Waals surface area contributed by atoms with Gasteiger partial charge in [0.25, 0.3) is 0 Å². The Kier molecular flexibility index (Phi) is 2.59. The standard InChI is InChI=1S/C28H14OS/c1-3-7-23-17(5-1)21-13-15-10-12-20-26-16(9-11-19(25(15)26)27(21)29-23)14-22-18-6-2-4-8-24(18)30-28(20)22/h1-14H. The predicted molar refractivity (Wildman–Crippen MR) is 130 cm³/mol. The van der Waals surface area contributed by atoms with Gasteiger partial charge in [-0.1, -0.05) is 54.6 Å². The summed E-state index contributed by atoms with van der Waals surface area (Å²) in [6, 6.07) is 30.9. The molecule has 0 N–H and O–H groups in total. The van der Waals surface area contributed by atoms with Crippen LogP contribution >= 0.6 is 11.3 Å². The van der Waals surface area contributed by atoms with Crippen molar-refractivity contribution in [1.29, 1.82) is 0 Å². The molecule has 0 aliphatic carbocycles. The Morgan fingerprint density at radius 1 is 0.533 bits per heavy atom. The summed E-state index contributed by atoms with van der Waals surface area (Å²) in [6.07, 6.45) is 0. The Hall–Kier alpha value is -3.62. The van der Waals surface area contributed by atoms with Crippen LogP contribution in [0.2, 0.25) is 0 Å². The summed E-state index contributed by atoms with van der Waals surface area (Å²) in [6.45, 7) is 0. The van der Waals surface area contributed by atoms with E-state index in [0.29, 0.717) is 0 Å². The maximum Gasteiger partial charge on any atom is 0.143 e. The minimum atomic E-state index is 0.953. The van der Waals surface area contributed by atoms with Gasteiger partial charge in [0.2, 0.25) is 0 Å². The summed E-state index contributed by atoms with van der Waals surface area (Å²) in [4.78, 5) is 0. The Morgan fingerprint density at radius 2 is 1.23 bits per heavy atom. The third-order valence-corrected chi connectivity index (χ3v) is 7.80. The molecule has 0 spiro atoms. The van der Waals surface area contributed by atoms with Crippen LogP contribution in [-0.4, -0.2) is 0 Å². The molecule has 2 heteroatoms. The van der Waals surface area contributed by atoms with Gasteiger partial charge in [-0.15, -0.1) is 11.3 Å². The lowest BCUT2D eigenvalue weighted by molar-refractivity contribution is 0.673. The van der Waals surface area contributed by atoms with Gasteiger partial charge in [-0.05, 0) is 46.5 Å². The lowest BCUT2D eigenvalue weighted by atomic mass is 9.91. The summed E-state index contributed by atoms with van der Waals surface area (Å²) in [5.74, 6) is 0. The molecule has 2 heterocycles. The monoisotopic (exact) mass is 398 g/mol. The highest BCUT2D eigenvalue weighted by atomic mass is 32.1. The number of fused-ring (bicyclic) bond motifs is 8. The normalized spacial score (nSPS) is 12.7. The minimum Gasteiger partial charge on any atom is -0.455 e. The van der Waals surface area contributed by atoms with E-state index < -0.39 is 0 Å². The summed E-state index contributed by atoms with van der Waals surface area (Å²) >= 11 is 1.90. The molecule has 0 amide bonds. The molecule has 0 saturated heterocycles. The van der Waals surface area contributed by atoms with Crippen molar-refractivity contribution in [2.75, 3.05) is 0 Å². The Bertz CT molecular complexity index is 1810. The third kappa shape index (κ3) is 1.71. The second-order valence-corrected chi connectivity index (χ2v) is 9.18. The van der Waals surface area contributed by atoms with Crippen LogP contribution in [0.15, 0.2) is 89.3 Å². The van der Waals surface area contributed by atoms with E-state index >= 15 is 0 Å². The molecule has 2 aromatic heterocycles. The first kappa shape index (κ1) is 15.3. The number of para-hydroxylation sites is 1. The fraction of sp³-hybridized carbons (Fsp3) is 0. The highest BCUT2D eigenvalue weighted by molar-refractivity contribution is 7.26. The van der Waals surface area contributed by atoms with E-state index in [1.807, 2.05) is 17.4 Å². The van der Waals surface area contributed by atoms with Crippen molar-refractivity contribution in [2.45, 2.75) is 0 Å². The second kappa shape index (κ2) is 5.10. The molecule has 30 heavy (non-hydrogen) atoms. The maximum absolute atomic E-state index is 6.35. The minimum absolute atomic E-state index is 0.953. The van der Waals surface area contributed by atoms with Crippen molar-refractivity contribution >= 4 is 85.8 Å². The van der Waals surface area contributed by atoms with Crippen molar-refractivity contribution in [2.24, 2.45) is 0 Å². The summed E-state index contributed by atoms with van der Waals surface area (Å²) in [5.41, 5.74) is 1.95. The first-order valence-corrected chi connectivity index (χ1v) is 11.0. The van der Waals surface area contributed by atoms with Crippen LogP contribution in [0.3, 0.4) is 0 Å². The first-order chi connectivity index (χ1) is 14.9. The van der Waals surface area contributed by atoms with E-state index in [0.717, 1.165) is 11.2 Å². The number of hydrogen-bond donors (Lipinski definition) is 0. The number of rotatable bonds is 0. The van der Waals surface area contributed by atoms with Crippen LogP contribution in [-0.2, 0) is 0 Å². The van der Waals surface area contributed by atoms with Gasteiger partial charge in [0, 0.05) is 47.1 Å². The average Bonchev–Trinajstić information content (AvgIpc) is 3.35. The summed E-state index contributed by atoms with van der Waals surface area (Å²) < 4.78 is 9.07. The number of hydrogen-bond acceptors (Lipinski definition) is 2. The third-order valence-electron chi connectivity index (χ3n) is 6.58. The van der Waals surface area contributed by atoms with Gasteiger partial charge in [0.05, 0.1) is 0 Å². The molecule has 138 valence electrons. The van der Waals surface area contributed by atoms with Gasteiger partial charge in [0.1, 0.15) is 11.2 Å². The topological polar surface area (TPSA) is 13.1 Å². The van der Waals surface area contributed by atoms with Gasteiger partial charge in [-0.2, -0.15) is 0 Å². The van der Waals surface area contributed by atoms with E-state index in [2.05, 4.69) is 78.9 Å². The summed E-state index contributed by atoms with van der Waals surface area (Å²) in [7, 11) is 0. The van der Waals surface area contributed by atoms with Gasteiger partial charge >= 0.3 is 0 Å². The Balaban J connectivity index is 1.67. The second-order valence-electron chi connectivity index (χ2n) is 8.13. The fourth-order valence-corrected chi connectivity index (χ4v) is 6.51. The van der Waals surface area contributed by atoms with Crippen LogP contribution in [0.1, 0.15) is 0 Å². The molecule has 6 aromatic carbocycles. The molecule has 0 atom stereocenters. The van der Waals surface area contributed by atoms with Crippen molar-refractivity contribution in [3.8, 4) is 0 Å². The number of benzene rings is 6. The largest absolute Gasteiger partial charge is 0.455 e. The molecular formula is C28H14OS. The lowest BCUT2D eigenvalue weighted by Crippen LogP contribution is -1.85. The zero-order valence-corrected chi connectivity index (χ0v) is 16.7. The van der Waals surface area contributed by atoms with Crippen LogP contribution in [0.4, 0.5) is 0 Å². The van der Waals surface area contributed by atoms with E-state index in [9.17, 15) is 0 Å². The van der Waals surface area contributed by atoms with Crippen LogP contribution in [0.25, 0.3) is 74.4 Å². The fourth-order valence-electron chi connectivity index (χ4n) is 5.30. The number of furan rings is 1. The van der Waals surface area contributed by atoms with Crippen LogP contribution in [0, 0.1) is 0 Å². The van der Waals surface area contributed by atoms with Gasteiger partial charge < -0.3 is 4.42 Å². The maximum atomic E-state index is 6.35. The molecule has 0 unspecified atom stereocenters. The number of thiophene rings is 1. The van der Waals surface area contributed by atoms with Gasteiger partial charge in [-0.25, -0.2) is 0 Å². The first-order valence-electron chi connectivity index (χ1n) is 10.2. The highest BCUT2D eigenvalue weighted by Crippen LogP contribution is 2.46. The zero-order chi connectivity index (χ0) is 19.4. The average molecular weight is 398 g/mol. The molecule has 1 nitrogen and oxygen atoms in total. The van der Waals surface area contributed by atoms with Crippen molar-refractivity contribution in [1.82, 2.24) is 0 Å². The van der Waals surface area contributed by atoms with Crippen molar-refractivity contribution in [3.05, 3.63) is 84.9 Å². The predicted octanol–water partition coefficient (Wildman–Crippen LogP) is 8.85. The molecule has 0 aliphatic heterocycles. The molecule has 0 aliphatic rings. The SMILES string of the molecule is c1ccc2c(c1)oc1c2cc2ccc3c4sc5ccccc5c4cc4ccc1c2c43. The molecule has 0 saturated carbocycles. The molecule has 0 fully saturated rings. The van der Waals surface area contributed by atoms with E-state index in [4.69, 9.17) is 4.42 Å². The zero-order valence-electron chi connectivity index (χ0n) is 15.9.